The van der Waals surface area contributed by atoms with Gasteiger partial charge in [-0.05, 0) is 24.1 Å². The maximum absolute atomic E-state index is 12.3. The van der Waals surface area contributed by atoms with Crippen LogP contribution in [0, 0.1) is 5.92 Å². The number of hydrogen-bond acceptors (Lipinski definition) is 5. The molecule has 30 heavy (non-hydrogen) atoms. The average Bonchev–Trinajstić information content (AvgIpc) is 3.03. The van der Waals surface area contributed by atoms with Crippen molar-refractivity contribution in [1.82, 2.24) is 4.90 Å². The Morgan fingerprint density at radius 1 is 1.13 bits per heavy atom. The minimum absolute atomic E-state index is 0.118. The van der Waals surface area contributed by atoms with Crippen LogP contribution in [0.1, 0.15) is 30.7 Å². The lowest BCUT2D eigenvalue weighted by atomic mass is 9.90. The molecule has 9 heteroatoms. The SMILES string of the molecule is O=C1C[C@H](CCC(=O)N2CC(c3ccc(N4CC(OCC(F)(F)F)C4)cc3)C2)CO1. The van der Waals surface area contributed by atoms with Crippen LogP contribution in [0.3, 0.4) is 0 Å². The Labute approximate surface area is 172 Å². The van der Waals surface area contributed by atoms with Crippen LogP contribution in [0.25, 0.3) is 0 Å². The van der Waals surface area contributed by atoms with Crippen LogP contribution in [0.4, 0.5) is 18.9 Å². The fourth-order valence-electron chi connectivity index (χ4n) is 4.05. The molecule has 3 aliphatic rings. The summed E-state index contributed by atoms with van der Waals surface area (Å²) in [6.45, 7) is 1.52. The topological polar surface area (TPSA) is 59.1 Å². The monoisotopic (exact) mass is 426 g/mol. The molecule has 0 spiro atoms. The highest BCUT2D eigenvalue weighted by Gasteiger charge is 2.35. The highest BCUT2D eigenvalue weighted by Crippen LogP contribution is 2.31. The molecule has 164 valence electrons. The van der Waals surface area contributed by atoms with Gasteiger partial charge in [-0.3, -0.25) is 9.59 Å². The number of halogens is 3. The molecule has 0 aromatic heterocycles. The molecule has 0 unspecified atom stereocenters. The van der Waals surface area contributed by atoms with E-state index in [4.69, 9.17) is 9.47 Å². The molecule has 3 fully saturated rings. The Bertz CT molecular complexity index is 771. The lowest BCUT2D eigenvalue weighted by Gasteiger charge is -2.42. The van der Waals surface area contributed by atoms with Crippen molar-refractivity contribution >= 4 is 17.6 Å². The van der Waals surface area contributed by atoms with Crippen molar-refractivity contribution in [1.29, 1.82) is 0 Å². The number of rotatable bonds is 7. The van der Waals surface area contributed by atoms with Crippen LogP contribution in [0.2, 0.25) is 0 Å². The first kappa shape index (κ1) is 21.0. The molecule has 0 radical (unpaired) electrons. The van der Waals surface area contributed by atoms with E-state index in [1.165, 1.54) is 0 Å². The van der Waals surface area contributed by atoms with Crippen LogP contribution in [-0.4, -0.2) is 68.4 Å². The lowest BCUT2D eigenvalue weighted by molar-refractivity contribution is -0.187. The number of anilines is 1. The second-order valence-corrected chi connectivity index (χ2v) is 8.33. The fourth-order valence-corrected chi connectivity index (χ4v) is 4.05. The maximum atomic E-state index is 12.3. The first-order valence-corrected chi connectivity index (χ1v) is 10.2. The molecule has 3 heterocycles. The van der Waals surface area contributed by atoms with E-state index >= 15 is 0 Å². The summed E-state index contributed by atoms with van der Waals surface area (Å²) < 4.78 is 46.3. The number of carbonyl (C=O) groups is 2. The van der Waals surface area contributed by atoms with Gasteiger partial charge < -0.3 is 19.3 Å². The standard InChI is InChI=1S/C21H25F3N2O4/c22-21(23,24)13-30-18-10-25(11-18)17-4-2-15(3-5-17)16-8-26(9-16)19(27)6-1-14-7-20(28)29-12-14/h2-5,14,16,18H,1,6-13H2/t14-/m0/s1. The number of likely N-dealkylation sites (tertiary alicyclic amines) is 1. The lowest BCUT2D eigenvalue weighted by Crippen LogP contribution is -2.53. The summed E-state index contributed by atoms with van der Waals surface area (Å²) in [6, 6.07) is 7.98. The zero-order valence-electron chi connectivity index (χ0n) is 16.6. The first-order valence-electron chi connectivity index (χ1n) is 10.2. The van der Waals surface area contributed by atoms with Gasteiger partial charge in [-0.25, -0.2) is 0 Å². The predicted molar refractivity (Wildman–Crippen MR) is 102 cm³/mol. The van der Waals surface area contributed by atoms with E-state index in [-0.39, 0.29) is 23.9 Å². The van der Waals surface area contributed by atoms with Gasteiger partial charge in [0.2, 0.25) is 5.91 Å². The van der Waals surface area contributed by atoms with Gasteiger partial charge in [0.15, 0.2) is 0 Å². The molecule has 0 bridgehead atoms. The van der Waals surface area contributed by atoms with Crippen LogP contribution in [0.15, 0.2) is 24.3 Å². The number of cyclic esters (lactones) is 1. The van der Waals surface area contributed by atoms with Crippen molar-refractivity contribution in [3.63, 3.8) is 0 Å². The number of esters is 1. The van der Waals surface area contributed by atoms with Gasteiger partial charge in [-0.1, -0.05) is 12.1 Å². The van der Waals surface area contributed by atoms with E-state index in [9.17, 15) is 22.8 Å². The van der Waals surface area contributed by atoms with E-state index in [1.807, 2.05) is 34.1 Å². The Morgan fingerprint density at radius 2 is 1.83 bits per heavy atom. The maximum Gasteiger partial charge on any atom is 0.411 e. The first-order chi connectivity index (χ1) is 14.3. The van der Waals surface area contributed by atoms with Crippen molar-refractivity contribution < 1.29 is 32.2 Å². The summed E-state index contributed by atoms with van der Waals surface area (Å²) >= 11 is 0. The summed E-state index contributed by atoms with van der Waals surface area (Å²) in [5, 5.41) is 0. The highest BCUT2D eigenvalue weighted by molar-refractivity contribution is 5.77. The summed E-state index contributed by atoms with van der Waals surface area (Å²) in [7, 11) is 0. The summed E-state index contributed by atoms with van der Waals surface area (Å²) in [5.74, 6) is 0.403. The van der Waals surface area contributed by atoms with Crippen molar-refractivity contribution in [3.8, 4) is 0 Å². The third-order valence-corrected chi connectivity index (χ3v) is 6.00. The second-order valence-electron chi connectivity index (χ2n) is 8.33. The van der Waals surface area contributed by atoms with E-state index < -0.39 is 12.8 Å². The van der Waals surface area contributed by atoms with E-state index in [0.717, 1.165) is 11.3 Å². The molecule has 1 atom stereocenters. The molecule has 3 aliphatic heterocycles. The number of amides is 1. The van der Waals surface area contributed by atoms with Crippen LogP contribution >= 0.6 is 0 Å². The zero-order valence-corrected chi connectivity index (χ0v) is 16.6. The molecule has 0 N–H and O–H groups in total. The van der Waals surface area contributed by atoms with Crippen LogP contribution in [-0.2, 0) is 19.1 Å². The zero-order chi connectivity index (χ0) is 21.3. The molecule has 1 aromatic rings. The van der Waals surface area contributed by atoms with Crippen LogP contribution in [0.5, 0.6) is 0 Å². The number of hydrogen-bond donors (Lipinski definition) is 0. The Hall–Kier alpha value is -2.29. The fraction of sp³-hybridized carbons (Fsp3) is 0.619. The van der Waals surface area contributed by atoms with Crippen LogP contribution < -0.4 is 4.90 Å². The number of alkyl halides is 3. The second kappa shape index (κ2) is 8.45. The highest BCUT2D eigenvalue weighted by atomic mass is 19.4. The normalized spacial score (nSPS) is 22.6. The summed E-state index contributed by atoms with van der Waals surface area (Å²) in [5.41, 5.74) is 2.12. The summed E-state index contributed by atoms with van der Waals surface area (Å²) in [4.78, 5) is 27.2. The van der Waals surface area contributed by atoms with Gasteiger partial charge in [0.05, 0.1) is 19.1 Å². The van der Waals surface area contributed by atoms with Gasteiger partial charge in [0, 0.05) is 50.1 Å². The van der Waals surface area contributed by atoms with Gasteiger partial charge in [0.25, 0.3) is 0 Å². The smallest absolute Gasteiger partial charge is 0.411 e. The molecular formula is C21H25F3N2O4. The Kier molecular flexibility index (Phi) is 5.90. The molecular weight excluding hydrogens is 401 g/mol. The minimum atomic E-state index is -4.29. The van der Waals surface area contributed by atoms with Crippen molar-refractivity contribution in [3.05, 3.63) is 29.8 Å². The van der Waals surface area contributed by atoms with Gasteiger partial charge in [-0.15, -0.1) is 0 Å². The quantitative estimate of drug-likeness (QED) is 0.628. The molecule has 6 nitrogen and oxygen atoms in total. The molecule has 4 rings (SSSR count). The van der Waals surface area contributed by atoms with Crippen molar-refractivity contribution in [2.24, 2.45) is 5.92 Å². The number of nitrogens with zero attached hydrogens (tertiary/aromatic N) is 2. The minimum Gasteiger partial charge on any atom is -0.465 e. The van der Waals surface area contributed by atoms with Crippen molar-refractivity contribution in [2.45, 2.75) is 37.5 Å². The molecule has 1 aromatic carbocycles. The average molecular weight is 426 g/mol. The van der Waals surface area contributed by atoms with Crippen molar-refractivity contribution in [2.75, 3.05) is 44.3 Å². The predicted octanol–water partition coefficient (Wildman–Crippen LogP) is 2.72. The van der Waals surface area contributed by atoms with Gasteiger partial charge in [-0.2, -0.15) is 13.2 Å². The summed E-state index contributed by atoms with van der Waals surface area (Å²) in [6.07, 6.45) is -3.13. The molecule has 0 saturated carbocycles. The number of ether oxygens (including phenoxy) is 2. The molecule has 1 amide bonds. The third-order valence-electron chi connectivity index (χ3n) is 6.00. The molecule has 0 aliphatic carbocycles. The molecule has 3 saturated heterocycles. The Morgan fingerprint density at radius 3 is 2.43 bits per heavy atom. The number of carbonyl (C=O) groups excluding carboxylic acids is 2. The largest absolute Gasteiger partial charge is 0.465 e. The van der Waals surface area contributed by atoms with Gasteiger partial charge >= 0.3 is 12.1 Å². The van der Waals surface area contributed by atoms with E-state index in [2.05, 4.69) is 0 Å². The van der Waals surface area contributed by atoms with Gasteiger partial charge in [0.1, 0.15) is 6.61 Å². The van der Waals surface area contributed by atoms with E-state index in [0.29, 0.717) is 58.0 Å². The third kappa shape index (κ3) is 5.06. The number of benzene rings is 1. The van der Waals surface area contributed by atoms with E-state index in [1.54, 1.807) is 0 Å². The Balaban J connectivity index is 1.16.